The van der Waals surface area contributed by atoms with Crippen LogP contribution >= 0.6 is 0 Å². The average Bonchev–Trinajstić information content (AvgIpc) is 2.82. The van der Waals surface area contributed by atoms with Crippen LogP contribution in [0.1, 0.15) is 45.1 Å². The summed E-state index contributed by atoms with van der Waals surface area (Å²) in [6, 6.07) is 0.195. The van der Waals surface area contributed by atoms with E-state index in [1.165, 1.54) is 0 Å². The van der Waals surface area contributed by atoms with Crippen molar-refractivity contribution in [3.8, 4) is 0 Å². The molecule has 3 N–H and O–H groups in total. The number of nitrogens with zero attached hydrogens (tertiary/aromatic N) is 2. The zero-order chi connectivity index (χ0) is 14.5. The summed E-state index contributed by atoms with van der Waals surface area (Å²) in [5, 5.41) is 9.57. The van der Waals surface area contributed by atoms with E-state index in [1.807, 2.05) is 6.92 Å². The first-order chi connectivity index (χ1) is 9.61. The molecule has 6 heteroatoms. The summed E-state index contributed by atoms with van der Waals surface area (Å²) in [6.07, 6.45) is 3.07. The molecule has 1 atom stereocenters. The molecule has 0 spiro atoms. The lowest BCUT2D eigenvalue weighted by atomic mass is 10.0. The van der Waals surface area contributed by atoms with Crippen LogP contribution in [0.2, 0.25) is 0 Å². The van der Waals surface area contributed by atoms with Gasteiger partial charge in [0.1, 0.15) is 18.0 Å². The predicted octanol–water partition coefficient (Wildman–Crippen LogP) is 1.72. The molecule has 1 unspecified atom stereocenters. The van der Waals surface area contributed by atoms with Gasteiger partial charge in [0.15, 0.2) is 0 Å². The highest BCUT2D eigenvalue weighted by Crippen LogP contribution is 2.28. The summed E-state index contributed by atoms with van der Waals surface area (Å²) < 4.78 is 0. The largest absolute Gasteiger partial charge is 0.370 e. The first-order valence-corrected chi connectivity index (χ1v) is 7.23. The minimum Gasteiger partial charge on any atom is -0.370 e. The Labute approximate surface area is 119 Å². The van der Waals surface area contributed by atoms with Gasteiger partial charge in [-0.2, -0.15) is 0 Å². The summed E-state index contributed by atoms with van der Waals surface area (Å²) >= 11 is 0. The van der Waals surface area contributed by atoms with Crippen LogP contribution in [0.4, 0.5) is 11.6 Å². The molecule has 0 radical (unpaired) electrons. The molecule has 6 nitrogen and oxygen atoms in total. The minimum atomic E-state index is 0.136. The summed E-state index contributed by atoms with van der Waals surface area (Å²) in [5.74, 6) is 2.20. The Bertz CT molecular complexity index is 475. The Morgan fingerprint density at radius 2 is 2.05 bits per heavy atom. The predicted molar refractivity (Wildman–Crippen MR) is 79.9 cm³/mol. The fraction of sp³-hybridized carbons (Fsp3) is 0.643. The Morgan fingerprint density at radius 1 is 1.35 bits per heavy atom. The van der Waals surface area contributed by atoms with E-state index in [1.54, 1.807) is 6.33 Å². The maximum absolute atomic E-state index is 11.2. The van der Waals surface area contributed by atoms with Crippen molar-refractivity contribution < 1.29 is 4.79 Å². The lowest BCUT2D eigenvalue weighted by molar-refractivity contribution is -0.119. The van der Waals surface area contributed by atoms with Crippen LogP contribution in [0, 0.1) is 0 Å². The van der Waals surface area contributed by atoms with Gasteiger partial charge >= 0.3 is 0 Å². The number of carbonyl (C=O) groups excluding carboxylic acids is 1. The average molecular weight is 277 g/mol. The van der Waals surface area contributed by atoms with Gasteiger partial charge in [0.2, 0.25) is 5.91 Å². The van der Waals surface area contributed by atoms with Gasteiger partial charge < -0.3 is 16.0 Å². The van der Waals surface area contributed by atoms with Crippen LogP contribution in [0.3, 0.4) is 0 Å². The van der Waals surface area contributed by atoms with Crippen molar-refractivity contribution in [1.82, 2.24) is 15.3 Å². The zero-order valence-electron chi connectivity index (χ0n) is 12.4. The van der Waals surface area contributed by atoms with Crippen molar-refractivity contribution in [2.75, 3.05) is 23.7 Å². The van der Waals surface area contributed by atoms with Crippen LogP contribution in [-0.4, -0.2) is 35.0 Å². The molecule has 1 amide bonds. The molecule has 1 aliphatic heterocycles. The number of nitrogens with one attached hydrogen (secondary N) is 3. The molecule has 2 rings (SSSR count). The number of anilines is 2. The summed E-state index contributed by atoms with van der Waals surface area (Å²) in [4.78, 5) is 19.9. The number of amides is 1. The normalized spacial score (nSPS) is 18.2. The number of hydrogen-bond donors (Lipinski definition) is 3. The van der Waals surface area contributed by atoms with Gasteiger partial charge in [0.25, 0.3) is 0 Å². The fourth-order valence-electron chi connectivity index (χ4n) is 2.44. The summed E-state index contributed by atoms with van der Waals surface area (Å²) in [5.41, 5.74) is 1.10. The number of aromatic nitrogens is 2. The SMILES string of the molecule is CCNc1ncnc(NCC2CCC(=O)N2)c1C(C)C. The van der Waals surface area contributed by atoms with Crippen LogP contribution in [-0.2, 0) is 4.79 Å². The van der Waals surface area contributed by atoms with Crippen molar-refractivity contribution in [2.24, 2.45) is 0 Å². The highest BCUT2D eigenvalue weighted by Gasteiger charge is 2.21. The Kier molecular flexibility index (Phi) is 4.76. The molecule has 0 aliphatic carbocycles. The van der Waals surface area contributed by atoms with E-state index in [0.717, 1.165) is 30.2 Å². The molecule has 110 valence electrons. The van der Waals surface area contributed by atoms with Gasteiger partial charge in [0, 0.05) is 31.1 Å². The molecule has 1 fully saturated rings. The van der Waals surface area contributed by atoms with Crippen LogP contribution in [0.15, 0.2) is 6.33 Å². The lowest BCUT2D eigenvalue weighted by Crippen LogP contribution is -2.32. The molecular formula is C14H23N5O. The van der Waals surface area contributed by atoms with Gasteiger partial charge in [-0.05, 0) is 19.3 Å². The third-order valence-electron chi connectivity index (χ3n) is 3.41. The summed E-state index contributed by atoms with van der Waals surface area (Å²) in [6.45, 7) is 7.83. The third-order valence-corrected chi connectivity index (χ3v) is 3.41. The lowest BCUT2D eigenvalue weighted by Gasteiger charge is -2.19. The summed E-state index contributed by atoms with van der Waals surface area (Å²) in [7, 11) is 0. The molecular weight excluding hydrogens is 254 g/mol. The monoisotopic (exact) mass is 277 g/mol. The van der Waals surface area contributed by atoms with Crippen molar-refractivity contribution in [3.05, 3.63) is 11.9 Å². The molecule has 1 aliphatic rings. The number of carbonyl (C=O) groups is 1. The smallest absolute Gasteiger partial charge is 0.220 e. The molecule has 20 heavy (non-hydrogen) atoms. The molecule has 1 aromatic rings. The maximum Gasteiger partial charge on any atom is 0.220 e. The van der Waals surface area contributed by atoms with Gasteiger partial charge in [-0.15, -0.1) is 0 Å². The molecule has 2 heterocycles. The van der Waals surface area contributed by atoms with Gasteiger partial charge in [-0.3, -0.25) is 4.79 Å². The van der Waals surface area contributed by atoms with E-state index in [-0.39, 0.29) is 11.9 Å². The Balaban J connectivity index is 2.09. The first kappa shape index (κ1) is 14.6. The second-order valence-electron chi connectivity index (χ2n) is 5.35. The van der Waals surface area contributed by atoms with Crippen LogP contribution in [0.25, 0.3) is 0 Å². The van der Waals surface area contributed by atoms with Gasteiger partial charge in [-0.25, -0.2) is 9.97 Å². The fourth-order valence-corrected chi connectivity index (χ4v) is 2.44. The van der Waals surface area contributed by atoms with E-state index in [9.17, 15) is 4.79 Å². The standard InChI is InChI=1S/C14H23N5O/c1-4-15-13-12(9(2)3)14(18-8-17-13)16-7-10-5-6-11(20)19-10/h8-10H,4-7H2,1-3H3,(H,19,20)(H2,15,16,17,18). The Morgan fingerprint density at radius 3 is 2.60 bits per heavy atom. The van der Waals surface area contributed by atoms with Crippen LogP contribution in [0.5, 0.6) is 0 Å². The first-order valence-electron chi connectivity index (χ1n) is 7.23. The molecule has 1 saturated heterocycles. The van der Waals surface area contributed by atoms with Gasteiger partial charge in [0.05, 0.1) is 0 Å². The minimum absolute atomic E-state index is 0.136. The second-order valence-corrected chi connectivity index (χ2v) is 5.35. The number of hydrogen-bond acceptors (Lipinski definition) is 5. The maximum atomic E-state index is 11.2. The van der Waals surface area contributed by atoms with E-state index >= 15 is 0 Å². The molecule has 0 saturated carbocycles. The van der Waals surface area contributed by atoms with Crippen molar-refractivity contribution in [2.45, 2.75) is 45.6 Å². The Hall–Kier alpha value is -1.85. The highest BCUT2D eigenvalue weighted by atomic mass is 16.1. The second kappa shape index (κ2) is 6.54. The van der Waals surface area contributed by atoms with E-state index in [0.29, 0.717) is 18.9 Å². The third kappa shape index (κ3) is 3.37. The van der Waals surface area contributed by atoms with E-state index < -0.39 is 0 Å². The van der Waals surface area contributed by atoms with Crippen LogP contribution < -0.4 is 16.0 Å². The molecule has 0 bridgehead atoms. The van der Waals surface area contributed by atoms with Crippen molar-refractivity contribution in [1.29, 1.82) is 0 Å². The van der Waals surface area contributed by atoms with Gasteiger partial charge in [-0.1, -0.05) is 13.8 Å². The number of rotatable bonds is 6. The van der Waals surface area contributed by atoms with Crippen molar-refractivity contribution in [3.63, 3.8) is 0 Å². The van der Waals surface area contributed by atoms with E-state index in [4.69, 9.17) is 0 Å². The highest BCUT2D eigenvalue weighted by molar-refractivity contribution is 5.78. The van der Waals surface area contributed by atoms with Crippen molar-refractivity contribution >= 4 is 17.5 Å². The van der Waals surface area contributed by atoms with E-state index in [2.05, 4.69) is 39.8 Å². The molecule has 1 aromatic heterocycles. The quantitative estimate of drug-likeness (QED) is 0.738. The topological polar surface area (TPSA) is 78.9 Å². The zero-order valence-corrected chi connectivity index (χ0v) is 12.4. The molecule has 0 aromatic carbocycles.